The van der Waals surface area contributed by atoms with E-state index in [9.17, 15) is 14.0 Å². The maximum absolute atomic E-state index is 12.8. The average molecular weight is 373 g/mol. The SMILES string of the molecule is O=C(C[NH+]1CCN(c2ncccn2)CC1)NCC(=O)Nc1ccc(F)cc1. The van der Waals surface area contributed by atoms with Crippen LogP contribution in [0.2, 0.25) is 0 Å². The molecule has 2 heterocycles. The van der Waals surface area contributed by atoms with Crippen molar-refractivity contribution in [2.24, 2.45) is 0 Å². The molecule has 1 aromatic carbocycles. The summed E-state index contributed by atoms with van der Waals surface area (Å²) in [7, 11) is 0. The van der Waals surface area contributed by atoms with Gasteiger partial charge >= 0.3 is 0 Å². The number of nitrogens with zero attached hydrogens (tertiary/aromatic N) is 3. The monoisotopic (exact) mass is 373 g/mol. The summed E-state index contributed by atoms with van der Waals surface area (Å²) in [6.45, 7) is 3.34. The molecule has 3 rings (SSSR count). The zero-order valence-electron chi connectivity index (χ0n) is 14.8. The number of piperazine rings is 1. The van der Waals surface area contributed by atoms with Crippen LogP contribution in [0.4, 0.5) is 16.0 Å². The normalized spacial score (nSPS) is 14.6. The quantitative estimate of drug-likeness (QED) is 0.609. The first-order valence-electron chi connectivity index (χ1n) is 8.78. The Balaban J connectivity index is 1.36. The minimum absolute atomic E-state index is 0.118. The van der Waals surface area contributed by atoms with E-state index in [-0.39, 0.29) is 24.2 Å². The van der Waals surface area contributed by atoms with Crippen molar-refractivity contribution in [1.82, 2.24) is 15.3 Å². The number of hydrogen-bond acceptors (Lipinski definition) is 5. The molecule has 0 unspecified atom stereocenters. The number of anilines is 2. The molecule has 3 N–H and O–H groups in total. The lowest BCUT2D eigenvalue weighted by Gasteiger charge is -2.31. The summed E-state index contributed by atoms with van der Waals surface area (Å²) in [4.78, 5) is 35.6. The zero-order valence-corrected chi connectivity index (χ0v) is 14.8. The maximum Gasteiger partial charge on any atom is 0.275 e. The van der Waals surface area contributed by atoms with Crippen LogP contribution in [0.3, 0.4) is 0 Å². The van der Waals surface area contributed by atoms with Gasteiger partial charge in [-0.25, -0.2) is 14.4 Å². The molecule has 1 fully saturated rings. The molecule has 0 saturated carbocycles. The Morgan fingerprint density at radius 1 is 1.07 bits per heavy atom. The van der Waals surface area contributed by atoms with Crippen molar-refractivity contribution in [1.29, 1.82) is 0 Å². The van der Waals surface area contributed by atoms with E-state index in [2.05, 4.69) is 25.5 Å². The first-order chi connectivity index (χ1) is 13.1. The lowest BCUT2D eigenvalue weighted by molar-refractivity contribution is -0.892. The highest BCUT2D eigenvalue weighted by atomic mass is 19.1. The van der Waals surface area contributed by atoms with E-state index in [1.165, 1.54) is 24.3 Å². The molecule has 1 aliphatic rings. The van der Waals surface area contributed by atoms with Crippen LogP contribution in [0, 0.1) is 5.82 Å². The highest BCUT2D eigenvalue weighted by Crippen LogP contribution is 2.07. The second-order valence-electron chi connectivity index (χ2n) is 6.29. The predicted octanol–water partition coefficient (Wildman–Crippen LogP) is -0.924. The Morgan fingerprint density at radius 2 is 1.74 bits per heavy atom. The molecule has 142 valence electrons. The van der Waals surface area contributed by atoms with Crippen molar-refractivity contribution in [3.05, 3.63) is 48.5 Å². The minimum atomic E-state index is -0.372. The first kappa shape index (κ1) is 18.7. The second-order valence-corrected chi connectivity index (χ2v) is 6.29. The fourth-order valence-corrected chi connectivity index (χ4v) is 2.86. The zero-order chi connectivity index (χ0) is 19.1. The van der Waals surface area contributed by atoms with Crippen molar-refractivity contribution in [2.45, 2.75) is 0 Å². The van der Waals surface area contributed by atoms with Crippen molar-refractivity contribution in [3.63, 3.8) is 0 Å². The van der Waals surface area contributed by atoms with Crippen LogP contribution in [0.1, 0.15) is 0 Å². The van der Waals surface area contributed by atoms with Crippen LogP contribution < -0.4 is 20.4 Å². The number of carbonyl (C=O) groups excluding carboxylic acids is 2. The lowest BCUT2D eigenvalue weighted by Crippen LogP contribution is -3.16. The molecule has 0 spiro atoms. The summed E-state index contributed by atoms with van der Waals surface area (Å²) in [6.07, 6.45) is 3.43. The predicted molar refractivity (Wildman–Crippen MR) is 97.8 cm³/mol. The number of carbonyl (C=O) groups is 2. The summed E-state index contributed by atoms with van der Waals surface area (Å²) in [5.41, 5.74) is 0.487. The third kappa shape index (κ3) is 5.71. The van der Waals surface area contributed by atoms with Crippen molar-refractivity contribution >= 4 is 23.5 Å². The molecular formula is C18H22FN6O2+. The van der Waals surface area contributed by atoms with Gasteiger partial charge in [-0.05, 0) is 30.3 Å². The van der Waals surface area contributed by atoms with Gasteiger partial charge in [0.25, 0.3) is 5.91 Å². The van der Waals surface area contributed by atoms with Crippen molar-refractivity contribution < 1.29 is 18.9 Å². The van der Waals surface area contributed by atoms with Crippen LogP contribution in [0.5, 0.6) is 0 Å². The molecule has 2 amide bonds. The van der Waals surface area contributed by atoms with Crippen molar-refractivity contribution in [3.8, 4) is 0 Å². The number of benzene rings is 1. The highest BCUT2D eigenvalue weighted by Gasteiger charge is 2.23. The number of nitrogens with one attached hydrogen (secondary N) is 3. The third-order valence-corrected chi connectivity index (χ3v) is 4.29. The van der Waals surface area contributed by atoms with Gasteiger partial charge in [0.05, 0.1) is 32.7 Å². The summed E-state index contributed by atoms with van der Waals surface area (Å²) in [6, 6.07) is 7.24. The van der Waals surface area contributed by atoms with Gasteiger partial charge in [-0.3, -0.25) is 9.59 Å². The molecule has 0 aliphatic carbocycles. The number of hydrogen-bond donors (Lipinski definition) is 3. The van der Waals surface area contributed by atoms with Gasteiger partial charge in [0, 0.05) is 18.1 Å². The van der Waals surface area contributed by atoms with Crippen molar-refractivity contribution in [2.75, 3.05) is 49.5 Å². The molecule has 8 nitrogen and oxygen atoms in total. The van der Waals surface area contributed by atoms with Gasteiger partial charge in [-0.1, -0.05) is 0 Å². The number of quaternary nitrogens is 1. The van der Waals surface area contributed by atoms with Crippen LogP contribution in [0.25, 0.3) is 0 Å². The van der Waals surface area contributed by atoms with Gasteiger partial charge in [-0.2, -0.15) is 0 Å². The summed E-state index contributed by atoms with van der Waals surface area (Å²) < 4.78 is 12.8. The van der Waals surface area contributed by atoms with Gasteiger partial charge in [-0.15, -0.1) is 0 Å². The molecule has 1 aliphatic heterocycles. The van der Waals surface area contributed by atoms with E-state index in [1.807, 2.05) is 0 Å². The van der Waals surface area contributed by atoms with Crippen LogP contribution in [-0.2, 0) is 9.59 Å². The molecule has 27 heavy (non-hydrogen) atoms. The third-order valence-electron chi connectivity index (χ3n) is 4.29. The smallest absolute Gasteiger partial charge is 0.275 e. The molecule has 0 radical (unpaired) electrons. The number of rotatable bonds is 6. The average Bonchev–Trinajstić information content (AvgIpc) is 2.69. The van der Waals surface area contributed by atoms with Gasteiger partial charge in [0.1, 0.15) is 5.82 Å². The Hall–Kier alpha value is -3.07. The molecule has 2 aromatic rings. The van der Waals surface area contributed by atoms with Crippen LogP contribution >= 0.6 is 0 Å². The van der Waals surface area contributed by atoms with Crippen LogP contribution in [0.15, 0.2) is 42.7 Å². The molecule has 0 atom stereocenters. The fraction of sp³-hybridized carbons (Fsp3) is 0.333. The van der Waals surface area contributed by atoms with E-state index in [0.717, 1.165) is 31.1 Å². The summed E-state index contributed by atoms with van der Waals surface area (Å²) in [5, 5.41) is 5.22. The minimum Gasteiger partial charge on any atom is -0.342 e. The topological polar surface area (TPSA) is 91.7 Å². The van der Waals surface area contributed by atoms with Gasteiger partial charge in [0.2, 0.25) is 11.9 Å². The Morgan fingerprint density at radius 3 is 2.41 bits per heavy atom. The van der Waals surface area contributed by atoms with E-state index in [4.69, 9.17) is 0 Å². The Bertz CT molecular complexity index is 763. The highest BCUT2D eigenvalue weighted by molar-refractivity contribution is 5.94. The molecule has 0 bridgehead atoms. The number of halogens is 1. The van der Waals surface area contributed by atoms with E-state index in [0.29, 0.717) is 18.2 Å². The van der Waals surface area contributed by atoms with Gasteiger partial charge < -0.3 is 20.4 Å². The van der Waals surface area contributed by atoms with Gasteiger partial charge in [0.15, 0.2) is 6.54 Å². The summed E-state index contributed by atoms with van der Waals surface area (Å²) in [5.74, 6) is -0.193. The van der Waals surface area contributed by atoms with E-state index in [1.54, 1.807) is 18.5 Å². The largest absolute Gasteiger partial charge is 0.342 e. The van der Waals surface area contributed by atoms with Crippen LogP contribution in [-0.4, -0.2) is 61.1 Å². The Labute approximate surface area is 156 Å². The molecule has 9 heteroatoms. The number of amides is 2. The van der Waals surface area contributed by atoms with E-state index < -0.39 is 0 Å². The summed E-state index contributed by atoms with van der Waals surface area (Å²) >= 11 is 0. The standard InChI is InChI=1S/C18H21FN6O2/c19-14-2-4-15(5-3-14)23-16(26)12-22-17(27)13-24-8-10-25(11-9-24)18-20-6-1-7-21-18/h1-7H,8-13H2,(H,22,27)(H,23,26)/p+1. The molecule has 1 saturated heterocycles. The van der Waals surface area contributed by atoms with E-state index >= 15 is 0 Å². The molecular weight excluding hydrogens is 351 g/mol. The maximum atomic E-state index is 12.8. The fourth-order valence-electron chi connectivity index (χ4n) is 2.86. The lowest BCUT2D eigenvalue weighted by atomic mass is 10.3. The first-order valence-corrected chi connectivity index (χ1v) is 8.78. The second kappa shape index (κ2) is 9.04. The molecule has 1 aromatic heterocycles. The number of aromatic nitrogens is 2. The Kier molecular flexibility index (Phi) is 6.26.